The lowest BCUT2D eigenvalue weighted by Gasteiger charge is -2.35. The van der Waals surface area contributed by atoms with Crippen LogP contribution in [0.1, 0.15) is 24.6 Å². The summed E-state index contributed by atoms with van der Waals surface area (Å²) in [6.45, 7) is 1.21. The van der Waals surface area contributed by atoms with Crippen LogP contribution < -0.4 is 10.1 Å². The van der Waals surface area contributed by atoms with Gasteiger partial charge in [-0.3, -0.25) is 4.79 Å². The van der Waals surface area contributed by atoms with Crippen LogP contribution >= 0.6 is 11.3 Å². The van der Waals surface area contributed by atoms with Crippen molar-refractivity contribution >= 4 is 28.1 Å². The molecule has 1 saturated heterocycles. The number of thiazole rings is 1. The molecule has 12 heteroatoms. The number of benzene rings is 1. The first-order valence-corrected chi connectivity index (χ1v) is 11.7. The number of carbonyl (C=O) groups is 1. The SMILES string of the molecule is C[C@H](O)C(=O)N1CC[C@H](Oc2ccc(-c3nccc(Nc4scnc4CO)n3)cc2C#N)[C@H](F)C1. The number of aliphatic hydroxyl groups is 2. The van der Waals surface area contributed by atoms with E-state index in [1.807, 2.05) is 0 Å². The normalized spacial score (nSPS) is 18.5. The quantitative estimate of drug-likeness (QED) is 0.447. The fraction of sp³-hybridized carbons (Fsp3) is 0.348. The molecule has 1 aliphatic rings. The number of anilines is 2. The van der Waals surface area contributed by atoms with Crippen molar-refractivity contribution in [2.75, 3.05) is 18.4 Å². The largest absolute Gasteiger partial charge is 0.486 e. The number of carbonyl (C=O) groups excluding carboxylic acids is 1. The van der Waals surface area contributed by atoms with Crippen LogP contribution in [0.15, 0.2) is 36.0 Å². The van der Waals surface area contributed by atoms with Crippen LogP contribution in [0.4, 0.5) is 15.2 Å². The number of piperidine rings is 1. The van der Waals surface area contributed by atoms with Gasteiger partial charge in [0.15, 0.2) is 12.0 Å². The number of likely N-dealkylation sites (tertiary alicyclic amines) is 1. The van der Waals surface area contributed by atoms with E-state index in [0.29, 0.717) is 27.9 Å². The number of hydrogen-bond donors (Lipinski definition) is 3. The highest BCUT2D eigenvalue weighted by Gasteiger charge is 2.34. The number of aromatic nitrogens is 3. The monoisotopic (exact) mass is 498 g/mol. The predicted molar refractivity (Wildman–Crippen MR) is 126 cm³/mol. The molecule has 0 bridgehead atoms. The van der Waals surface area contributed by atoms with Gasteiger partial charge in [-0.25, -0.2) is 19.3 Å². The molecule has 3 N–H and O–H groups in total. The van der Waals surface area contributed by atoms with Crippen LogP contribution in [0.5, 0.6) is 5.75 Å². The van der Waals surface area contributed by atoms with Crippen LogP contribution in [0.25, 0.3) is 11.4 Å². The first-order chi connectivity index (χ1) is 16.9. The van der Waals surface area contributed by atoms with Gasteiger partial charge in [0.25, 0.3) is 5.91 Å². The number of amides is 1. The van der Waals surface area contributed by atoms with Gasteiger partial charge in [0.05, 0.1) is 24.2 Å². The third-order valence-electron chi connectivity index (χ3n) is 5.48. The van der Waals surface area contributed by atoms with E-state index < -0.39 is 24.3 Å². The zero-order valence-electron chi connectivity index (χ0n) is 18.8. The van der Waals surface area contributed by atoms with E-state index in [4.69, 9.17) is 4.74 Å². The van der Waals surface area contributed by atoms with Crippen molar-refractivity contribution in [3.8, 4) is 23.2 Å². The average Bonchev–Trinajstić information content (AvgIpc) is 3.32. The second-order valence-corrected chi connectivity index (χ2v) is 8.78. The Labute approximate surface area is 204 Å². The summed E-state index contributed by atoms with van der Waals surface area (Å²) in [5.74, 6) is 0.562. The number of nitrogens with zero attached hydrogens (tertiary/aromatic N) is 5. The Bertz CT molecular complexity index is 1250. The van der Waals surface area contributed by atoms with E-state index in [1.165, 1.54) is 23.2 Å². The van der Waals surface area contributed by atoms with Gasteiger partial charge in [-0.15, -0.1) is 11.3 Å². The van der Waals surface area contributed by atoms with Gasteiger partial charge in [-0.2, -0.15) is 5.26 Å². The Morgan fingerprint density at radius 2 is 2.26 bits per heavy atom. The fourth-order valence-electron chi connectivity index (χ4n) is 3.67. The summed E-state index contributed by atoms with van der Waals surface area (Å²) < 4.78 is 20.5. The third kappa shape index (κ3) is 5.54. The molecule has 182 valence electrons. The molecule has 0 unspecified atom stereocenters. The topological polar surface area (TPSA) is 144 Å². The lowest BCUT2D eigenvalue weighted by atomic mass is 10.0. The molecule has 1 aliphatic heterocycles. The molecule has 1 amide bonds. The Kier molecular flexibility index (Phi) is 7.50. The Morgan fingerprint density at radius 1 is 1.43 bits per heavy atom. The Hall–Kier alpha value is -3.66. The number of halogens is 1. The molecule has 1 fully saturated rings. The van der Waals surface area contributed by atoms with Crippen molar-refractivity contribution in [1.29, 1.82) is 5.26 Å². The molecule has 3 heterocycles. The van der Waals surface area contributed by atoms with E-state index in [0.717, 1.165) is 0 Å². The minimum atomic E-state index is -1.46. The number of hydrogen-bond acceptors (Lipinski definition) is 10. The lowest BCUT2D eigenvalue weighted by Crippen LogP contribution is -2.51. The molecule has 0 saturated carbocycles. The summed E-state index contributed by atoms with van der Waals surface area (Å²) >= 11 is 1.33. The first kappa shape index (κ1) is 24.5. The molecule has 0 aliphatic carbocycles. The molecule has 3 atom stereocenters. The molecular formula is C23H23FN6O4S. The van der Waals surface area contributed by atoms with Crippen LogP contribution in [0.2, 0.25) is 0 Å². The molecule has 2 aromatic heterocycles. The molecule has 0 radical (unpaired) electrons. The maximum Gasteiger partial charge on any atom is 0.251 e. The number of ether oxygens (including phenoxy) is 1. The van der Waals surface area contributed by atoms with Gasteiger partial charge in [0.2, 0.25) is 0 Å². The van der Waals surface area contributed by atoms with Crippen molar-refractivity contribution < 1.29 is 24.1 Å². The van der Waals surface area contributed by atoms with Crippen LogP contribution in [0.3, 0.4) is 0 Å². The molecule has 10 nitrogen and oxygen atoms in total. The minimum absolute atomic E-state index is 0.181. The third-order valence-corrected chi connectivity index (χ3v) is 6.26. The first-order valence-electron chi connectivity index (χ1n) is 10.8. The molecule has 4 rings (SSSR count). The smallest absolute Gasteiger partial charge is 0.251 e. The summed E-state index contributed by atoms with van der Waals surface area (Å²) in [7, 11) is 0. The number of rotatable bonds is 7. The fourth-order valence-corrected chi connectivity index (χ4v) is 4.37. The molecule has 3 aromatic rings. The molecule has 0 spiro atoms. The average molecular weight is 499 g/mol. The van der Waals surface area contributed by atoms with Crippen LogP contribution in [-0.4, -0.2) is 67.4 Å². The van der Waals surface area contributed by atoms with Gasteiger partial charge < -0.3 is 25.2 Å². The second kappa shape index (κ2) is 10.7. The molecular weight excluding hydrogens is 475 g/mol. The van der Waals surface area contributed by atoms with Gasteiger partial charge in [0, 0.05) is 24.7 Å². The van der Waals surface area contributed by atoms with Crippen molar-refractivity contribution in [3.63, 3.8) is 0 Å². The highest BCUT2D eigenvalue weighted by atomic mass is 32.1. The highest BCUT2D eigenvalue weighted by molar-refractivity contribution is 7.14. The van der Waals surface area contributed by atoms with Crippen molar-refractivity contribution in [1.82, 2.24) is 19.9 Å². The standard InChI is InChI=1S/C23H23FN6O4S/c1-13(32)23(33)30-7-5-19(16(24)10-30)34-18-3-2-14(8-15(18)9-25)21-26-6-4-20(28-21)29-22-17(11-31)27-12-35-22/h2-4,6,8,12-13,16,19,31-32H,5,7,10-11H2,1H3,(H,26,28,29)/t13-,16+,19-/m0/s1. The van der Waals surface area contributed by atoms with Crippen molar-refractivity contribution in [2.24, 2.45) is 0 Å². The summed E-state index contributed by atoms with van der Waals surface area (Å²) in [4.78, 5) is 26.0. The van der Waals surface area contributed by atoms with Crippen molar-refractivity contribution in [3.05, 3.63) is 47.2 Å². The molecule has 1 aromatic carbocycles. The highest BCUT2D eigenvalue weighted by Crippen LogP contribution is 2.29. The van der Waals surface area contributed by atoms with Crippen LogP contribution in [0, 0.1) is 11.3 Å². The zero-order valence-corrected chi connectivity index (χ0v) is 19.6. The zero-order chi connectivity index (χ0) is 24.9. The van der Waals surface area contributed by atoms with Gasteiger partial charge in [0.1, 0.15) is 40.5 Å². The Balaban J connectivity index is 1.48. The van der Waals surface area contributed by atoms with Crippen molar-refractivity contribution in [2.45, 2.75) is 38.3 Å². The van der Waals surface area contributed by atoms with Gasteiger partial charge in [-0.05, 0) is 31.2 Å². The van der Waals surface area contributed by atoms with E-state index in [1.54, 1.807) is 36.0 Å². The number of alkyl halides is 1. The predicted octanol–water partition coefficient (Wildman–Crippen LogP) is 2.41. The summed E-state index contributed by atoms with van der Waals surface area (Å²) in [5, 5.41) is 32.2. The number of nitriles is 1. The Morgan fingerprint density at radius 3 is 2.97 bits per heavy atom. The second-order valence-electron chi connectivity index (χ2n) is 7.92. The van der Waals surface area contributed by atoms with Crippen LogP contribution in [-0.2, 0) is 11.4 Å². The molecule has 35 heavy (non-hydrogen) atoms. The van der Waals surface area contributed by atoms with E-state index >= 15 is 0 Å². The maximum absolute atomic E-state index is 14.7. The number of nitrogens with one attached hydrogen (secondary N) is 1. The summed E-state index contributed by atoms with van der Waals surface area (Å²) in [6, 6.07) is 8.56. The van der Waals surface area contributed by atoms with Gasteiger partial charge >= 0.3 is 0 Å². The summed E-state index contributed by atoms with van der Waals surface area (Å²) in [6.07, 6.45) is -1.67. The maximum atomic E-state index is 14.7. The number of aliphatic hydroxyl groups excluding tert-OH is 2. The van der Waals surface area contributed by atoms with E-state index in [9.17, 15) is 24.7 Å². The minimum Gasteiger partial charge on any atom is -0.486 e. The van der Waals surface area contributed by atoms with Gasteiger partial charge in [-0.1, -0.05) is 0 Å². The van der Waals surface area contributed by atoms with E-state index in [-0.39, 0.29) is 37.4 Å². The summed E-state index contributed by atoms with van der Waals surface area (Å²) in [5.41, 5.74) is 2.89. The lowest BCUT2D eigenvalue weighted by molar-refractivity contribution is -0.143. The van der Waals surface area contributed by atoms with E-state index in [2.05, 4.69) is 26.3 Å².